The molecular formula is C13H16ClFN6. The molecule has 1 aromatic heterocycles. The van der Waals surface area contributed by atoms with Gasteiger partial charge in [-0.3, -0.25) is 0 Å². The van der Waals surface area contributed by atoms with Crippen molar-refractivity contribution in [2.75, 3.05) is 29.0 Å². The van der Waals surface area contributed by atoms with Crippen LogP contribution in [0.2, 0.25) is 5.02 Å². The fraction of sp³-hybridized carbons (Fsp3) is 0.308. The van der Waals surface area contributed by atoms with Crippen molar-refractivity contribution in [3.63, 3.8) is 0 Å². The number of aromatic nitrogens is 3. The molecule has 0 atom stereocenters. The maximum atomic E-state index is 13.3. The van der Waals surface area contributed by atoms with Crippen LogP contribution in [0.3, 0.4) is 0 Å². The summed E-state index contributed by atoms with van der Waals surface area (Å²) in [5.41, 5.74) is 6.06. The second kappa shape index (κ2) is 6.53. The molecule has 0 spiro atoms. The highest BCUT2D eigenvalue weighted by Crippen LogP contribution is 2.25. The molecule has 21 heavy (non-hydrogen) atoms. The number of rotatable bonds is 5. The quantitative estimate of drug-likeness (QED) is 0.884. The van der Waals surface area contributed by atoms with Gasteiger partial charge in [-0.15, -0.1) is 0 Å². The summed E-state index contributed by atoms with van der Waals surface area (Å²) in [5, 5.41) is 3.22. The van der Waals surface area contributed by atoms with E-state index in [0.29, 0.717) is 16.7 Å². The third kappa shape index (κ3) is 3.69. The topological polar surface area (TPSA) is 80.0 Å². The maximum Gasteiger partial charge on any atom is 0.233 e. The third-order valence-corrected chi connectivity index (χ3v) is 3.19. The minimum Gasteiger partial charge on any atom is -0.368 e. The molecule has 0 aliphatic heterocycles. The fourth-order valence-electron chi connectivity index (χ4n) is 1.80. The van der Waals surface area contributed by atoms with Crippen LogP contribution >= 0.6 is 11.6 Å². The Hall–Kier alpha value is -2.15. The molecule has 0 aliphatic rings. The summed E-state index contributed by atoms with van der Waals surface area (Å²) in [6.07, 6.45) is 0. The molecular weight excluding hydrogens is 295 g/mol. The number of anilines is 4. The van der Waals surface area contributed by atoms with Crippen molar-refractivity contribution >= 4 is 35.1 Å². The summed E-state index contributed by atoms with van der Waals surface area (Å²) in [7, 11) is 0. The van der Waals surface area contributed by atoms with Gasteiger partial charge < -0.3 is 16.0 Å². The molecule has 0 unspecified atom stereocenters. The van der Waals surface area contributed by atoms with Crippen LogP contribution in [0.25, 0.3) is 0 Å². The molecule has 112 valence electrons. The van der Waals surface area contributed by atoms with E-state index in [2.05, 4.69) is 20.3 Å². The lowest BCUT2D eigenvalue weighted by Gasteiger charge is -2.19. The summed E-state index contributed by atoms with van der Waals surface area (Å²) in [6.45, 7) is 5.44. The SMILES string of the molecule is CCN(CC)c1nc(N)nc(Nc2cc(F)ccc2Cl)n1. The Bertz CT molecular complexity index is 632. The number of nitrogens with one attached hydrogen (secondary N) is 1. The van der Waals surface area contributed by atoms with Gasteiger partial charge in [-0.25, -0.2) is 4.39 Å². The zero-order chi connectivity index (χ0) is 15.4. The second-order valence-corrected chi connectivity index (χ2v) is 4.65. The average molecular weight is 311 g/mol. The molecule has 3 N–H and O–H groups in total. The summed E-state index contributed by atoms with van der Waals surface area (Å²) >= 11 is 6.00. The Morgan fingerprint density at radius 2 is 1.95 bits per heavy atom. The number of hydrogen-bond donors (Lipinski definition) is 2. The summed E-state index contributed by atoms with van der Waals surface area (Å²) in [4.78, 5) is 14.3. The zero-order valence-electron chi connectivity index (χ0n) is 11.8. The smallest absolute Gasteiger partial charge is 0.233 e. The highest BCUT2D eigenvalue weighted by molar-refractivity contribution is 6.33. The van der Waals surface area contributed by atoms with Gasteiger partial charge in [0.25, 0.3) is 0 Å². The van der Waals surface area contributed by atoms with Crippen LogP contribution in [0.5, 0.6) is 0 Å². The van der Waals surface area contributed by atoms with Crippen LogP contribution in [0.15, 0.2) is 18.2 Å². The molecule has 0 amide bonds. The van der Waals surface area contributed by atoms with E-state index in [1.54, 1.807) is 0 Å². The van der Waals surface area contributed by atoms with Gasteiger partial charge in [-0.05, 0) is 32.0 Å². The number of benzene rings is 1. The monoisotopic (exact) mass is 310 g/mol. The number of nitrogens with two attached hydrogens (primary N) is 1. The highest BCUT2D eigenvalue weighted by Gasteiger charge is 2.11. The standard InChI is InChI=1S/C13H16ClFN6/c1-3-21(4-2)13-19-11(16)18-12(20-13)17-10-7-8(15)5-6-9(10)14/h5-7H,3-4H2,1-2H3,(H3,16,17,18,19,20). The van der Waals surface area contributed by atoms with Crippen molar-refractivity contribution in [1.29, 1.82) is 0 Å². The minimum atomic E-state index is -0.409. The van der Waals surface area contributed by atoms with Crippen molar-refractivity contribution in [3.05, 3.63) is 29.0 Å². The van der Waals surface area contributed by atoms with Gasteiger partial charge in [0.2, 0.25) is 17.8 Å². The molecule has 0 fully saturated rings. The first kappa shape index (κ1) is 15.2. The van der Waals surface area contributed by atoms with Crippen LogP contribution in [-0.4, -0.2) is 28.0 Å². The lowest BCUT2D eigenvalue weighted by Crippen LogP contribution is -2.25. The van der Waals surface area contributed by atoms with E-state index in [0.717, 1.165) is 13.1 Å². The lowest BCUT2D eigenvalue weighted by atomic mass is 10.3. The number of nitrogen functional groups attached to an aromatic ring is 1. The van der Waals surface area contributed by atoms with Crippen LogP contribution in [-0.2, 0) is 0 Å². The molecule has 0 aliphatic carbocycles. The average Bonchev–Trinajstić information content (AvgIpc) is 2.44. The van der Waals surface area contributed by atoms with Crippen LogP contribution in [0.4, 0.5) is 27.9 Å². The van der Waals surface area contributed by atoms with Gasteiger partial charge in [-0.1, -0.05) is 11.6 Å². The predicted molar refractivity (Wildman–Crippen MR) is 82.5 cm³/mol. The molecule has 0 saturated carbocycles. The van der Waals surface area contributed by atoms with Gasteiger partial charge in [0.05, 0.1) is 10.7 Å². The number of nitrogens with zero attached hydrogens (tertiary/aromatic N) is 4. The Kier molecular flexibility index (Phi) is 4.74. The molecule has 0 bridgehead atoms. The lowest BCUT2D eigenvalue weighted by molar-refractivity contribution is 0.628. The van der Waals surface area contributed by atoms with E-state index in [4.69, 9.17) is 17.3 Å². The van der Waals surface area contributed by atoms with Crippen molar-refractivity contribution in [2.45, 2.75) is 13.8 Å². The second-order valence-electron chi connectivity index (χ2n) is 4.24. The molecule has 0 saturated heterocycles. The minimum absolute atomic E-state index is 0.0851. The Balaban J connectivity index is 2.34. The van der Waals surface area contributed by atoms with Crippen LogP contribution in [0.1, 0.15) is 13.8 Å². The first-order valence-electron chi connectivity index (χ1n) is 6.52. The first-order valence-corrected chi connectivity index (χ1v) is 6.89. The van der Waals surface area contributed by atoms with E-state index in [-0.39, 0.29) is 11.9 Å². The zero-order valence-corrected chi connectivity index (χ0v) is 12.5. The summed E-state index contributed by atoms with van der Waals surface area (Å²) in [6, 6.07) is 3.99. The Morgan fingerprint density at radius 1 is 1.24 bits per heavy atom. The van der Waals surface area contributed by atoms with Gasteiger partial charge in [0.15, 0.2) is 0 Å². The maximum absolute atomic E-state index is 13.3. The van der Waals surface area contributed by atoms with Crippen molar-refractivity contribution in [3.8, 4) is 0 Å². The predicted octanol–water partition coefficient (Wildman–Crippen LogP) is 2.84. The third-order valence-electron chi connectivity index (χ3n) is 2.86. The van der Waals surface area contributed by atoms with E-state index in [1.807, 2.05) is 18.7 Å². The van der Waals surface area contributed by atoms with Crippen molar-refractivity contribution in [2.24, 2.45) is 0 Å². The normalized spacial score (nSPS) is 10.5. The van der Waals surface area contributed by atoms with Gasteiger partial charge in [-0.2, -0.15) is 15.0 Å². The Labute approximate surface area is 127 Å². The van der Waals surface area contributed by atoms with Crippen molar-refractivity contribution < 1.29 is 4.39 Å². The molecule has 0 radical (unpaired) electrons. The van der Waals surface area contributed by atoms with Gasteiger partial charge in [0.1, 0.15) is 5.82 Å². The van der Waals surface area contributed by atoms with E-state index >= 15 is 0 Å². The number of hydrogen-bond acceptors (Lipinski definition) is 6. The molecule has 1 heterocycles. The van der Waals surface area contributed by atoms with E-state index < -0.39 is 5.82 Å². The molecule has 6 nitrogen and oxygen atoms in total. The molecule has 8 heteroatoms. The van der Waals surface area contributed by atoms with Crippen LogP contribution < -0.4 is 16.0 Å². The fourth-order valence-corrected chi connectivity index (χ4v) is 1.96. The van der Waals surface area contributed by atoms with Gasteiger partial charge in [0, 0.05) is 13.1 Å². The summed E-state index contributed by atoms with van der Waals surface area (Å²) in [5.74, 6) is 0.356. The van der Waals surface area contributed by atoms with E-state index in [1.165, 1.54) is 18.2 Å². The van der Waals surface area contributed by atoms with E-state index in [9.17, 15) is 4.39 Å². The first-order chi connectivity index (χ1) is 10.0. The molecule has 2 rings (SSSR count). The van der Waals surface area contributed by atoms with Crippen LogP contribution in [0, 0.1) is 5.82 Å². The largest absolute Gasteiger partial charge is 0.368 e. The van der Waals surface area contributed by atoms with Gasteiger partial charge >= 0.3 is 0 Å². The van der Waals surface area contributed by atoms with Crippen molar-refractivity contribution in [1.82, 2.24) is 15.0 Å². The number of halogens is 2. The molecule has 2 aromatic rings. The highest BCUT2D eigenvalue weighted by atomic mass is 35.5. The summed E-state index contributed by atoms with van der Waals surface area (Å²) < 4.78 is 13.3. The Morgan fingerprint density at radius 3 is 2.62 bits per heavy atom. The molecule has 1 aromatic carbocycles.